The Bertz CT molecular complexity index is 910. The van der Waals surface area contributed by atoms with Crippen LogP contribution in [0.5, 0.6) is 0 Å². The molecule has 0 radical (unpaired) electrons. The van der Waals surface area contributed by atoms with E-state index in [4.69, 9.17) is 10.00 Å². The third-order valence-electron chi connectivity index (χ3n) is 4.87. The Balaban J connectivity index is 1.50. The number of nitrogens with one attached hydrogen (secondary N) is 1. The van der Waals surface area contributed by atoms with Crippen molar-refractivity contribution in [2.45, 2.75) is 19.4 Å². The fourth-order valence-corrected chi connectivity index (χ4v) is 4.01. The Kier molecular flexibility index (Phi) is 7.88. The minimum Gasteiger partial charge on any atom is -0.369 e. The van der Waals surface area contributed by atoms with Gasteiger partial charge in [-0.15, -0.1) is 11.3 Å². The molecular weight excluding hydrogens is 407 g/mol. The Hall–Kier alpha value is -2.83. The highest BCUT2D eigenvalue weighted by atomic mass is 32.1. The molecule has 2 amide bonds. The lowest BCUT2D eigenvalue weighted by Crippen LogP contribution is -2.46. The average Bonchev–Trinajstić information content (AvgIpc) is 3.27. The molecule has 158 valence electrons. The van der Waals surface area contributed by atoms with Crippen molar-refractivity contribution in [3.63, 3.8) is 0 Å². The SMILES string of the molecule is N#Cc1ccc(-c2csc(CNC(=O)[C@H]3CCCN(C(=O)COCCF)C3)n2)cc1. The van der Waals surface area contributed by atoms with E-state index in [2.05, 4.69) is 16.4 Å². The maximum Gasteiger partial charge on any atom is 0.248 e. The van der Waals surface area contributed by atoms with Gasteiger partial charge in [0.1, 0.15) is 18.3 Å². The first-order chi connectivity index (χ1) is 14.6. The lowest BCUT2D eigenvalue weighted by atomic mass is 9.97. The highest BCUT2D eigenvalue weighted by molar-refractivity contribution is 7.09. The molecule has 2 heterocycles. The van der Waals surface area contributed by atoms with E-state index in [0.717, 1.165) is 29.1 Å². The number of carbonyl (C=O) groups is 2. The smallest absolute Gasteiger partial charge is 0.248 e. The first-order valence-corrected chi connectivity index (χ1v) is 10.6. The molecule has 2 aromatic rings. The molecule has 1 aromatic heterocycles. The van der Waals surface area contributed by atoms with Gasteiger partial charge in [0.25, 0.3) is 0 Å². The lowest BCUT2D eigenvalue weighted by molar-refractivity contribution is -0.139. The molecule has 1 N–H and O–H groups in total. The standard InChI is InChI=1S/C21H23FN4O3S/c22-7-9-29-13-20(27)26-8-1-2-17(12-26)21(28)24-11-19-25-18(14-30-19)16-5-3-15(10-23)4-6-16/h3-6,14,17H,1-2,7-9,11-13H2,(H,24,28)/t17-/m0/s1. The Morgan fingerprint density at radius 2 is 2.17 bits per heavy atom. The number of likely N-dealkylation sites (tertiary alicyclic amines) is 1. The second-order valence-corrected chi connectivity index (χ2v) is 7.90. The number of thiazole rings is 1. The molecule has 1 atom stereocenters. The molecule has 0 bridgehead atoms. The van der Waals surface area contributed by atoms with E-state index in [1.807, 2.05) is 17.5 Å². The van der Waals surface area contributed by atoms with Crippen LogP contribution in [0.2, 0.25) is 0 Å². The first-order valence-electron chi connectivity index (χ1n) is 9.75. The molecule has 1 aromatic carbocycles. The van der Waals surface area contributed by atoms with E-state index < -0.39 is 6.67 Å². The van der Waals surface area contributed by atoms with Gasteiger partial charge < -0.3 is 15.0 Å². The zero-order valence-electron chi connectivity index (χ0n) is 16.5. The predicted octanol–water partition coefficient (Wildman–Crippen LogP) is 2.52. The van der Waals surface area contributed by atoms with E-state index >= 15 is 0 Å². The Labute approximate surface area is 178 Å². The number of nitrogens with zero attached hydrogens (tertiary/aromatic N) is 3. The topological polar surface area (TPSA) is 95.3 Å². The zero-order chi connectivity index (χ0) is 21.3. The number of benzene rings is 1. The molecular formula is C21H23FN4O3S. The minimum atomic E-state index is -0.623. The molecule has 7 nitrogen and oxygen atoms in total. The van der Waals surface area contributed by atoms with Gasteiger partial charge in [0.15, 0.2) is 0 Å². The van der Waals surface area contributed by atoms with Crippen LogP contribution >= 0.6 is 11.3 Å². The summed E-state index contributed by atoms with van der Waals surface area (Å²) in [6, 6.07) is 9.27. The summed E-state index contributed by atoms with van der Waals surface area (Å²) in [4.78, 5) is 30.8. The van der Waals surface area contributed by atoms with Gasteiger partial charge in [0.2, 0.25) is 11.8 Å². The Morgan fingerprint density at radius 1 is 1.37 bits per heavy atom. The summed E-state index contributed by atoms with van der Waals surface area (Å²) < 4.78 is 17.0. The van der Waals surface area contributed by atoms with Crippen molar-refractivity contribution in [2.75, 3.05) is 33.0 Å². The average molecular weight is 431 g/mol. The van der Waals surface area contributed by atoms with Crippen LogP contribution in [-0.2, 0) is 20.9 Å². The number of amides is 2. The van der Waals surface area contributed by atoms with Gasteiger partial charge in [0, 0.05) is 24.0 Å². The number of piperidine rings is 1. The number of nitriles is 1. The molecule has 1 aliphatic rings. The normalized spacial score (nSPS) is 16.1. The van der Waals surface area contributed by atoms with Crippen molar-refractivity contribution in [1.29, 1.82) is 5.26 Å². The molecule has 30 heavy (non-hydrogen) atoms. The fourth-order valence-electron chi connectivity index (χ4n) is 3.27. The van der Waals surface area contributed by atoms with Crippen molar-refractivity contribution >= 4 is 23.2 Å². The van der Waals surface area contributed by atoms with Crippen LogP contribution in [0, 0.1) is 17.2 Å². The summed E-state index contributed by atoms with van der Waals surface area (Å²) in [5.74, 6) is -0.595. The van der Waals surface area contributed by atoms with Gasteiger partial charge in [-0.3, -0.25) is 9.59 Å². The van der Waals surface area contributed by atoms with Gasteiger partial charge >= 0.3 is 0 Å². The largest absolute Gasteiger partial charge is 0.369 e. The fraction of sp³-hybridized carbons (Fsp3) is 0.429. The summed E-state index contributed by atoms with van der Waals surface area (Å²) in [6.45, 7) is 0.378. The molecule has 9 heteroatoms. The number of ether oxygens (including phenoxy) is 1. The van der Waals surface area contributed by atoms with Crippen LogP contribution in [0.25, 0.3) is 11.3 Å². The third-order valence-corrected chi connectivity index (χ3v) is 5.72. The van der Waals surface area contributed by atoms with Gasteiger partial charge in [-0.05, 0) is 25.0 Å². The van der Waals surface area contributed by atoms with E-state index in [9.17, 15) is 14.0 Å². The second-order valence-electron chi connectivity index (χ2n) is 6.95. The van der Waals surface area contributed by atoms with Gasteiger partial charge in [-0.25, -0.2) is 9.37 Å². The third kappa shape index (κ3) is 5.84. The van der Waals surface area contributed by atoms with Crippen LogP contribution in [-0.4, -0.2) is 54.7 Å². The summed E-state index contributed by atoms with van der Waals surface area (Å²) in [7, 11) is 0. The van der Waals surface area contributed by atoms with Gasteiger partial charge in [-0.2, -0.15) is 5.26 Å². The molecule has 1 fully saturated rings. The quantitative estimate of drug-likeness (QED) is 0.650. The first kappa shape index (κ1) is 21.9. The number of carbonyl (C=O) groups excluding carboxylic acids is 2. The Morgan fingerprint density at radius 3 is 2.90 bits per heavy atom. The molecule has 0 aliphatic carbocycles. The van der Waals surface area contributed by atoms with E-state index in [1.54, 1.807) is 17.0 Å². The van der Waals surface area contributed by atoms with Crippen molar-refractivity contribution in [3.8, 4) is 17.3 Å². The molecule has 0 unspecified atom stereocenters. The summed E-state index contributed by atoms with van der Waals surface area (Å²) in [5.41, 5.74) is 2.31. The number of hydrogen-bond acceptors (Lipinski definition) is 6. The zero-order valence-corrected chi connectivity index (χ0v) is 17.3. The number of halogens is 1. The van der Waals surface area contributed by atoms with E-state index in [0.29, 0.717) is 25.2 Å². The predicted molar refractivity (Wildman–Crippen MR) is 110 cm³/mol. The highest BCUT2D eigenvalue weighted by Gasteiger charge is 2.28. The van der Waals surface area contributed by atoms with Crippen molar-refractivity contribution in [3.05, 3.63) is 40.2 Å². The molecule has 1 aliphatic heterocycles. The summed E-state index contributed by atoms with van der Waals surface area (Å²) >= 11 is 1.46. The molecule has 3 rings (SSSR count). The maximum atomic E-state index is 12.6. The summed E-state index contributed by atoms with van der Waals surface area (Å²) in [5, 5.41) is 14.5. The minimum absolute atomic E-state index is 0.0955. The second kappa shape index (κ2) is 10.8. The van der Waals surface area contributed by atoms with Crippen molar-refractivity contribution < 1.29 is 18.7 Å². The summed E-state index contributed by atoms with van der Waals surface area (Å²) in [6.07, 6.45) is 1.46. The monoisotopic (exact) mass is 430 g/mol. The van der Waals surface area contributed by atoms with E-state index in [1.165, 1.54) is 11.3 Å². The van der Waals surface area contributed by atoms with E-state index in [-0.39, 0.29) is 30.9 Å². The van der Waals surface area contributed by atoms with Crippen LogP contribution in [0.15, 0.2) is 29.6 Å². The molecule has 0 saturated carbocycles. The van der Waals surface area contributed by atoms with Crippen LogP contribution in [0.3, 0.4) is 0 Å². The molecule has 1 saturated heterocycles. The number of rotatable bonds is 8. The number of hydrogen-bond donors (Lipinski definition) is 1. The highest BCUT2D eigenvalue weighted by Crippen LogP contribution is 2.23. The van der Waals surface area contributed by atoms with Gasteiger partial charge in [0.05, 0.1) is 36.4 Å². The van der Waals surface area contributed by atoms with Crippen LogP contribution < -0.4 is 5.32 Å². The lowest BCUT2D eigenvalue weighted by Gasteiger charge is -2.32. The van der Waals surface area contributed by atoms with Crippen molar-refractivity contribution in [1.82, 2.24) is 15.2 Å². The van der Waals surface area contributed by atoms with Crippen molar-refractivity contribution in [2.24, 2.45) is 5.92 Å². The van der Waals surface area contributed by atoms with Gasteiger partial charge in [-0.1, -0.05) is 12.1 Å². The maximum absolute atomic E-state index is 12.6. The van der Waals surface area contributed by atoms with Crippen LogP contribution in [0.4, 0.5) is 4.39 Å². The van der Waals surface area contributed by atoms with Crippen LogP contribution in [0.1, 0.15) is 23.4 Å². The molecule has 0 spiro atoms. The number of aromatic nitrogens is 1. The number of alkyl halides is 1.